The summed E-state index contributed by atoms with van der Waals surface area (Å²) in [5, 5.41) is 12.8. The fourth-order valence-electron chi connectivity index (χ4n) is 3.49. The number of ether oxygens (including phenoxy) is 3. The van der Waals surface area contributed by atoms with E-state index in [4.69, 9.17) is 19.3 Å². The van der Waals surface area contributed by atoms with Crippen molar-refractivity contribution in [3.8, 4) is 5.75 Å². The lowest BCUT2D eigenvalue weighted by Gasteiger charge is -2.13. The number of ketones is 1. The number of carbonyl (C=O) groups is 2. The molecule has 0 saturated heterocycles. The lowest BCUT2D eigenvalue weighted by molar-refractivity contribution is -0.139. The highest BCUT2D eigenvalue weighted by molar-refractivity contribution is 6.26. The maximum atomic E-state index is 13.1. The summed E-state index contributed by atoms with van der Waals surface area (Å²) in [5.41, 5.74) is 2.63. The van der Waals surface area contributed by atoms with Crippen molar-refractivity contribution in [1.29, 1.82) is 0 Å². The number of nitrogens with zero attached hydrogens (tertiary/aromatic N) is 1. The van der Waals surface area contributed by atoms with Crippen LogP contribution in [0.15, 0.2) is 59.9 Å². The number of allylic oxidation sites excluding steroid dienone is 1. The molecule has 4 rings (SSSR count). The number of aliphatic hydroxyl groups is 1. The number of rotatable bonds is 9. The molecule has 0 saturated carbocycles. The molecule has 176 valence electrons. The van der Waals surface area contributed by atoms with Crippen LogP contribution in [0, 0.1) is 6.92 Å². The van der Waals surface area contributed by atoms with Crippen LogP contribution in [0.4, 0.5) is 5.69 Å². The van der Waals surface area contributed by atoms with Gasteiger partial charge in [0.1, 0.15) is 11.4 Å². The molecule has 0 spiro atoms. The van der Waals surface area contributed by atoms with Gasteiger partial charge in [0.05, 0.1) is 13.2 Å². The number of hydrogen-bond donors (Lipinski definition) is 3. The number of anilines is 1. The first-order valence-electron chi connectivity index (χ1n) is 10.9. The van der Waals surface area contributed by atoms with E-state index < -0.39 is 11.8 Å². The van der Waals surface area contributed by atoms with Gasteiger partial charge in [0.25, 0.3) is 0 Å². The Morgan fingerprint density at radius 3 is 2.94 bits per heavy atom. The molecule has 9 heteroatoms. The van der Waals surface area contributed by atoms with Gasteiger partial charge in [-0.2, -0.15) is 0 Å². The minimum atomic E-state index is -0.763. The van der Waals surface area contributed by atoms with Crippen molar-refractivity contribution in [2.45, 2.75) is 20.3 Å². The van der Waals surface area contributed by atoms with Crippen molar-refractivity contribution in [1.82, 2.24) is 9.97 Å². The van der Waals surface area contributed by atoms with Gasteiger partial charge in [0.15, 0.2) is 11.3 Å². The number of aromatic amines is 1. The second kappa shape index (κ2) is 10.2. The van der Waals surface area contributed by atoms with Crippen LogP contribution in [-0.4, -0.2) is 46.6 Å². The van der Waals surface area contributed by atoms with Gasteiger partial charge in [-0.3, -0.25) is 4.79 Å². The highest BCUT2D eigenvalue weighted by Gasteiger charge is 2.37. The van der Waals surface area contributed by atoms with Crippen LogP contribution in [-0.2, 0) is 19.1 Å². The normalized spacial score (nSPS) is 14.6. The number of nitrogens with one attached hydrogen (secondary N) is 2. The summed E-state index contributed by atoms with van der Waals surface area (Å²) in [6, 6.07) is 9.00. The molecule has 3 heterocycles. The Morgan fingerprint density at radius 1 is 1.32 bits per heavy atom. The van der Waals surface area contributed by atoms with E-state index in [1.165, 1.54) is 0 Å². The molecule has 0 aliphatic carbocycles. The first-order valence-corrected chi connectivity index (χ1v) is 10.9. The third-order valence-electron chi connectivity index (χ3n) is 5.16. The van der Waals surface area contributed by atoms with E-state index in [1.807, 2.05) is 19.1 Å². The van der Waals surface area contributed by atoms with Crippen molar-refractivity contribution in [3.63, 3.8) is 0 Å². The van der Waals surface area contributed by atoms with Gasteiger partial charge in [-0.1, -0.05) is 0 Å². The molecule has 3 aromatic rings. The molecule has 0 bridgehead atoms. The number of hydrogen-bond acceptors (Lipinski definition) is 8. The van der Waals surface area contributed by atoms with E-state index in [0.29, 0.717) is 35.7 Å². The topological polar surface area (TPSA) is 123 Å². The quantitative estimate of drug-likeness (QED) is 0.191. The van der Waals surface area contributed by atoms with Crippen molar-refractivity contribution in [2.24, 2.45) is 0 Å². The Hall–Kier alpha value is -4.11. The minimum Gasteiger partial charge on any atom is -0.493 e. The fourth-order valence-corrected chi connectivity index (χ4v) is 3.49. The van der Waals surface area contributed by atoms with E-state index >= 15 is 0 Å². The molecular formula is C25H25N3O6. The monoisotopic (exact) mass is 463 g/mol. The average Bonchev–Trinajstić information content (AvgIpc) is 3.37. The third-order valence-corrected chi connectivity index (χ3v) is 5.16. The van der Waals surface area contributed by atoms with Gasteiger partial charge in [-0.25, -0.2) is 9.78 Å². The minimum absolute atomic E-state index is 0.00286. The molecule has 1 aliphatic rings. The summed E-state index contributed by atoms with van der Waals surface area (Å²) in [5.74, 6) is -0.684. The molecule has 1 aliphatic heterocycles. The smallest absolute Gasteiger partial charge is 0.347 e. The van der Waals surface area contributed by atoms with Crippen LogP contribution >= 0.6 is 0 Å². The summed E-state index contributed by atoms with van der Waals surface area (Å²) in [6.45, 7) is 4.10. The number of fused-ring (bicyclic) bond motifs is 1. The highest BCUT2D eigenvalue weighted by atomic mass is 16.5. The van der Waals surface area contributed by atoms with Gasteiger partial charge in [0, 0.05) is 42.1 Å². The molecule has 0 fully saturated rings. The molecule has 0 amide bonds. The number of Topliss-reactive ketones (excluding diaryl/α,β-unsaturated/α-hetero) is 1. The largest absolute Gasteiger partial charge is 0.493 e. The standard InChI is InChI=1S/C25H25N3O6/c1-3-32-25(31)21-22(30)20(13-16-14-27-23-18(16)6-4-9-26-23)34-24(21)28-19-8-7-17(12-15(19)2)33-11-5-10-29/h4,6-9,12-14,28-29H,3,5,10-11H2,1-2H3,(H,26,27). The molecular weight excluding hydrogens is 438 g/mol. The van der Waals surface area contributed by atoms with Crippen molar-refractivity contribution >= 4 is 34.5 Å². The fraction of sp³-hybridized carbons (Fsp3) is 0.240. The number of H-pyrrole nitrogens is 1. The molecule has 0 unspecified atom stereocenters. The summed E-state index contributed by atoms with van der Waals surface area (Å²) < 4.78 is 16.5. The molecule has 1 aromatic carbocycles. The van der Waals surface area contributed by atoms with Crippen LogP contribution in [0.5, 0.6) is 5.75 Å². The number of aryl methyl sites for hydroxylation is 1. The second-order valence-corrected chi connectivity index (χ2v) is 7.54. The lowest BCUT2D eigenvalue weighted by Crippen LogP contribution is -2.16. The van der Waals surface area contributed by atoms with Crippen molar-refractivity contribution < 1.29 is 28.9 Å². The number of aliphatic hydroxyl groups excluding tert-OH is 1. The Kier molecular flexibility index (Phi) is 6.93. The van der Waals surface area contributed by atoms with E-state index in [9.17, 15) is 9.59 Å². The second-order valence-electron chi connectivity index (χ2n) is 7.54. The first kappa shape index (κ1) is 23.1. The third kappa shape index (κ3) is 4.79. The molecule has 0 radical (unpaired) electrons. The van der Waals surface area contributed by atoms with Gasteiger partial charge < -0.3 is 29.6 Å². The van der Waals surface area contributed by atoms with E-state index in [2.05, 4.69) is 15.3 Å². The van der Waals surface area contributed by atoms with E-state index in [1.54, 1.807) is 43.6 Å². The predicted octanol–water partition coefficient (Wildman–Crippen LogP) is 3.46. The summed E-state index contributed by atoms with van der Waals surface area (Å²) >= 11 is 0. The highest BCUT2D eigenvalue weighted by Crippen LogP contribution is 2.31. The molecule has 9 nitrogen and oxygen atoms in total. The van der Waals surface area contributed by atoms with Crippen LogP contribution in [0.25, 0.3) is 17.1 Å². The number of aromatic nitrogens is 2. The van der Waals surface area contributed by atoms with Crippen LogP contribution < -0.4 is 10.1 Å². The zero-order chi connectivity index (χ0) is 24.1. The van der Waals surface area contributed by atoms with Crippen molar-refractivity contribution in [2.75, 3.05) is 25.1 Å². The van der Waals surface area contributed by atoms with Crippen molar-refractivity contribution in [3.05, 3.63) is 71.1 Å². The van der Waals surface area contributed by atoms with Crippen LogP contribution in [0.1, 0.15) is 24.5 Å². The summed E-state index contributed by atoms with van der Waals surface area (Å²) in [7, 11) is 0. The maximum Gasteiger partial charge on any atom is 0.347 e. The Labute approximate surface area is 196 Å². The summed E-state index contributed by atoms with van der Waals surface area (Å²) in [6.07, 6.45) is 5.49. The number of pyridine rings is 1. The van der Waals surface area contributed by atoms with E-state index in [0.717, 1.165) is 10.9 Å². The van der Waals surface area contributed by atoms with Gasteiger partial charge in [-0.05, 0) is 55.8 Å². The zero-order valence-corrected chi connectivity index (χ0v) is 18.9. The Balaban J connectivity index is 1.62. The lowest BCUT2D eigenvalue weighted by atomic mass is 10.1. The Morgan fingerprint density at radius 2 is 2.18 bits per heavy atom. The average molecular weight is 463 g/mol. The molecule has 2 aromatic heterocycles. The van der Waals surface area contributed by atoms with Crippen LogP contribution in [0.2, 0.25) is 0 Å². The van der Waals surface area contributed by atoms with Crippen LogP contribution in [0.3, 0.4) is 0 Å². The molecule has 34 heavy (non-hydrogen) atoms. The number of esters is 1. The number of benzene rings is 1. The molecule has 0 atom stereocenters. The summed E-state index contributed by atoms with van der Waals surface area (Å²) in [4.78, 5) is 33.0. The predicted molar refractivity (Wildman–Crippen MR) is 126 cm³/mol. The van der Waals surface area contributed by atoms with E-state index in [-0.39, 0.29) is 30.4 Å². The maximum absolute atomic E-state index is 13.1. The Bertz CT molecular complexity index is 1290. The number of carbonyl (C=O) groups excluding carboxylic acids is 2. The zero-order valence-electron chi connectivity index (χ0n) is 18.9. The SMILES string of the molecule is CCOC(=O)C1=C(Nc2ccc(OCCCO)cc2C)OC(=Cc2c[nH]c3ncccc23)C1=O. The van der Waals surface area contributed by atoms with Gasteiger partial charge in [0.2, 0.25) is 11.7 Å². The molecule has 3 N–H and O–H groups in total. The van der Waals surface area contributed by atoms with Gasteiger partial charge in [-0.15, -0.1) is 0 Å². The first-order chi connectivity index (χ1) is 16.5. The van der Waals surface area contributed by atoms with Gasteiger partial charge >= 0.3 is 5.97 Å².